The van der Waals surface area contributed by atoms with E-state index in [1.54, 1.807) is 0 Å². The van der Waals surface area contributed by atoms with Crippen molar-refractivity contribution in [1.29, 1.82) is 0 Å². The highest BCUT2D eigenvalue weighted by atomic mass is 79.9. The molecule has 2 aromatic rings. The molecule has 170 valence electrons. The van der Waals surface area contributed by atoms with Crippen molar-refractivity contribution >= 4 is 33.5 Å². The van der Waals surface area contributed by atoms with Crippen molar-refractivity contribution in [2.24, 2.45) is 4.99 Å². The number of carbonyl (C=O) groups excluding carboxylic acids is 1. The van der Waals surface area contributed by atoms with E-state index >= 15 is 8.78 Å². The van der Waals surface area contributed by atoms with Crippen LogP contribution >= 0.6 is 15.9 Å². The van der Waals surface area contributed by atoms with Gasteiger partial charge in [-0.3, -0.25) is 20.2 Å². The molecule has 0 saturated heterocycles. The molecule has 1 amide bonds. The Bertz CT molecular complexity index is 1070. The number of nitrogens with zero attached hydrogens (tertiary/aromatic N) is 3. The van der Waals surface area contributed by atoms with Gasteiger partial charge in [-0.15, -0.1) is 0 Å². The lowest BCUT2D eigenvalue weighted by atomic mass is 9.84. The SMILES string of the molecule is COCC[C@]1(c2nc(Br)ccc2F)N=C(NC(=O)c2ccc([N+](=O)[O-])cc2)OCC1(F)F. The van der Waals surface area contributed by atoms with Gasteiger partial charge in [0, 0.05) is 37.8 Å². The summed E-state index contributed by atoms with van der Waals surface area (Å²) in [6.07, 6.45) is -0.461. The summed E-state index contributed by atoms with van der Waals surface area (Å²) in [7, 11) is 1.29. The lowest BCUT2D eigenvalue weighted by Crippen LogP contribution is -2.55. The van der Waals surface area contributed by atoms with Gasteiger partial charge in [-0.05, 0) is 40.2 Å². The molecular weight excluding hydrogens is 501 g/mol. The van der Waals surface area contributed by atoms with E-state index < -0.39 is 52.9 Å². The Kier molecular flexibility index (Phi) is 6.79. The zero-order chi connectivity index (χ0) is 23.5. The van der Waals surface area contributed by atoms with Gasteiger partial charge in [0.1, 0.15) is 16.1 Å². The second kappa shape index (κ2) is 9.20. The Balaban J connectivity index is 2.01. The van der Waals surface area contributed by atoms with Gasteiger partial charge in [0.15, 0.2) is 12.1 Å². The van der Waals surface area contributed by atoms with Gasteiger partial charge in [-0.1, -0.05) is 0 Å². The van der Waals surface area contributed by atoms with E-state index in [-0.39, 0.29) is 22.5 Å². The molecule has 13 heteroatoms. The van der Waals surface area contributed by atoms with Gasteiger partial charge >= 0.3 is 5.92 Å². The molecule has 32 heavy (non-hydrogen) atoms. The third-order valence-corrected chi connectivity index (χ3v) is 5.16. The number of aliphatic imine (C=N–C) groups is 1. The molecule has 3 rings (SSSR count). The van der Waals surface area contributed by atoms with Gasteiger partial charge < -0.3 is 9.47 Å². The maximum atomic E-state index is 15.1. The van der Waals surface area contributed by atoms with Crippen LogP contribution in [0.1, 0.15) is 22.5 Å². The number of amides is 1. The van der Waals surface area contributed by atoms with E-state index in [9.17, 15) is 19.3 Å². The summed E-state index contributed by atoms with van der Waals surface area (Å²) >= 11 is 3.04. The Morgan fingerprint density at radius 2 is 2.00 bits per heavy atom. The number of amidine groups is 1. The molecule has 0 aliphatic carbocycles. The van der Waals surface area contributed by atoms with Crippen molar-refractivity contribution in [3.63, 3.8) is 0 Å². The molecule has 1 aromatic carbocycles. The molecule has 0 unspecified atom stereocenters. The number of nitrogens with one attached hydrogen (secondary N) is 1. The van der Waals surface area contributed by atoms with Crippen molar-refractivity contribution in [3.05, 3.63) is 68.2 Å². The van der Waals surface area contributed by atoms with Crippen LogP contribution in [0.15, 0.2) is 46.0 Å². The third-order valence-electron chi connectivity index (χ3n) is 4.72. The highest BCUT2D eigenvalue weighted by Crippen LogP contribution is 2.46. The molecule has 1 atom stereocenters. The number of nitro benzene ring substituents is 1. The third kappa shape index (κ3) is 4.58. The quantitative estimate of drug-likeness (QED) is 0.356. The van der Waals surface area contributed by atoms with Gasteiger partial charge in [-0.25, -0.2) is 14.4 Å². The summed E-state index contributed by atoms with van der Waals surface area (Å²) in [5, 5.41) is 13.0. The Hall–Kier alpha value is -3.06. The molecule has 9 nitrogen and oxygen atoms in total. The van der Waals surface area contributed by atoms with Crippen LogP contribution in [0.5, 0.6) is 0 Å². The molecule has 0 bridgehead atoms. The standard InChI is InChI=1S/C19H16BrF3N4O5/c1-31-9-8-18(15-13(21)6-7-14(20)24-15)19(22,23)10-32-17(26-18)25-16(28)11-2-4-12(5-3-11)27(29)30/h2-7H,8-10H2,1H3,(H,25,26,28)/t18-/m1/s1. The highest BCUT2D eigenvalue weighted by Gasteiger charge is 2.60. The van der Waals surface area contributed by atoms with Crippen LogP contribution < -0.4 is 5.32 Å². The first-order valence-corrected chi connectivity index (χ1v) is 9.87. The van der Waals surface area contributed by atoms with Gasteiger partial charge in [0.25, 0.3) is 17.6 Å². The fourth-order valence-electron chi connectivity index (χ4n) is 3.08. The number of benzene rings is 1. The summed E-state index contributed by atoms with van der Waals surface area (Å²) < 4.78 is 54.8. The number of hydrogen-bond donors (Lipinski definition) is 1. The van der Waals surface area contributed by atoms with Crippen LogP contribution in [-0.4, -0.2) is 48.1 Å². The van der Waals surface area contributed by atoms with Crippen LogP contribution in [-0.2, 0) is 15.0 Å². The predicted octanol–water partition coefficient (Wildman–Crippen LogP) is 3.57. The van der Waals surface area contributed by atoms with E-state index in [0.29, 0.717) is 0 Å². The average molecular weight is 517 g/mol. The van der Waals surface area contributed by atoms with Crippen molar-refractivity contribution in [2.75, 3.05) is 20.3 Å². The number of halogens is 4. The van der Waals surface area contributed by atoms with E-state index in [1.165, 1.54) is 25.3 Å². The predicted molar refractivity (Wildman–Crippen MR) is 109 cm³/mol. The van der Waals surface area contributed by atoms with Crippen LogP contribution in [0.2, 0.25) is 0 Å². The minimum absolute atomic E-state index is 0.00603. The number of aromatic nitrogens is 1. The number of hydrogen-bond acceptors (Lipinski definition) is 7. The molecule has 0 fully saturated rings. The Morgan fingerprint density at radius 3 is 2.62 bits per heavy atom. The second-order valence-corrected chi connectivity index (χ2v) is 7.55. The summed E-state index contributed by atoms with van der Waals surface area (Å²) in [6.45, 7) is -1.42. The first-order chi connectivity index (χ1) is 15.1. The number of ether oxygens (including phenoxy) is 2. The maximum absolute atomic E-state index is 15.1. The monoisotopic (exact) mass is 516 g/mol. The van der Waals surface area contributed by atoms with Crippen LogP contribution in [0.25, 0.3) is 0 Å². The van der Waals surface area contributed by atoms with Crippen molar-refractivity contribution in [1.82, 2.24) is 10.3 Å². The number of rotatable bonds is 6. The Labute approximate surface area is 187 Å². The minimum atomic E-state index is -3.69. The molecule has 1 aromatic heterocycles. The van der Waals surface area contributed by atoms with Crippen LogP contribution in [0, 0.1) is 15.9 Å². The summed E-state index contributed by atoms with van der Waals surface area (Å²) in [5.74, 6) is -5.52. The van der Waals surface area contributed by atoms with E-state index in [4.69, 9.17) is 9.47 Å². The lowest BCUT2D eigenvalue weighted by Gasteiger charge is -2.40. The maximum Gasteiger partial charge on any atom is 0.312 e. The fraction of sp³-hybridized carbons (Fsp3) is 0.316. The molecule has 2 heterocycles. The normalized spacial score (nSPS) is 19.6. The first-order valence-electron chi connectivity index (χ1n) is 9.07. The molecule has 0 spiro atoms. The average Bonchev–Trinajstić information content (AvgIpc) is 2.76. The number of non-ortho nitro benzene ring substituents is 1. The summed E-state index contributed by atoms with van der Waals surface area (Å²) in [5.41, 5.74) is -3.40. The first kappa shape index (κ1) is 23.6. The zero-order valence-corrected chi connectivity index (χ0v) is 18.1. The largest absolute Gasteiger partial charge is 0.458 e. The van der Waals surface area contributed by atoms with Gasteiger partial charge in [0.05, 0.1) is 4.92 Å². The topological polar surface area (TPSA) is 116 Å². The number of alkyl halides is 2. The second-order valence-electron chi connectivity index (χ2n) is 6.74. The lowest BCUT2D eigenvalue weighted by molar-refractivity contribution is -0.384. The smallest absolute Gasteiger partial charge is 0.312 e. The van der Waals surface area contributed by atoms with Crippen molar-refractivity contribution in [2.45, 2.75) is 17.9 Å². The van der Waals surface area contributed by atoms with Gasteiger partial charge in [0.2, 0.25) is 0 Å². The minimum Gasteiger partial charge on any atom is -0.458 e. The molecular formula is C19H16BrF3N4O5. The number of methoxy groups -OCH3 is 1. The Morgan fingerprint density at radius 1 is 1.31 bits per heavy atom. The molecule has 0 saturated carbocycles. The van der Waals surface area contributed by atoms with E-state index in [2.05, 4.69) is 31.2 Å². The van der Waals surface area contributed by atoms with Crippen molar-refractivity contribution in [3.8, 4) is 0 Å². The van der Waals surface area contributed by atoms with Gasteiger partial charge in [-0.2, -0.15) is 8.78 Å². The summed E-state index contributed by atoms with van der Waals surface area (Å²) in [4.78, 5) is 30.4. The fourth-order valence-corrected chi connectivity index (χ4v) is 3.38. The number of nitro groups is 1. The van der Waals surface area contributed by atoms with Crippen LogP contribution in [0.4, 0.5) is 18.9 Å². The number of pyridine rings is 1. The molecule has 1 aliphatic rings. The van der Waals surface area contributed by atoms with E-state index in [1.807, 2.05) is 0 Å². The molecule has 1 aliphatic heterocycles. The molecule has 1 N–H and O–H groups in total. The highest BCUT2D eigenvalue weighted by molar-refractivity contribution is 9.10. The van der Waals surface area contributed by atoms with Crippen LogP contribution in [0.3, 0.4) is 0 Å². The van der Waals surface area contributed by atoms with E-state index in [0.717, 1.165) is 18.2 Å². The zero-order valence-electron chi connectivity index (χ0n) is 16.5. The number of carbonyl (C=O) groups is 1. The van der Waals surface area contributed by atoms with Crippen molar-refractivity contribution < 1.29 is 32.4 Å². The molecule has 0 radical (unpaired) electrons. The summed E-state index contributed by atoms with van der Waals surface area (Å²) in [6, 6.07) is 6.22.